The summed E-state index contributed by atoms with van der Waals surface area (Å²) in [5.74, 6) is -1.26. The summed E-state index contributed by atoms with van der Waals surface area (Å²) in [6, 6.07) is 7.43. The smallest absolute Gasteiger partial charge is 0.277 e. The monoisotopic (exact) mass is 542 g/mol. The van der Waals surface area contributed by atoms with Crippen molar-refractivity contribution >= 4 is 11.6 Å². The molecule has 0 bridgehead atoms. The predicted molar refractivity (Wildman–Crippen MR) is 144 cm³/mol. The lowest BCUT2D eigenvalue weighted by molar-refractivity contribution is 0.292. The maximum Gasteiger partial charge on any atom is 0.277 e. The summed E-state index contributed by atoms with van der Waals surface area (Å²) in [5, 5.41) is -0.222. The average Bonchev–Trinajstić information content (AvgIpc) is 2.88. The first-order valence-corrected chi connectivity index (χ1v) is 12.5. The summed E-state index contributed by atoms with van der Waals surface area (Å²) in [6.45, 7) is 11.0. The minimum atomic E-state index is -0.868. The molecule has 0 aliphatic carbocycles. The SMILES string of the molecule is CC.Cc1cnc(-n2cccc(C(C)C)c2=O)cc1-n1c(C)cc(OCc2ncc(F)cc2F)c(Cl)c1=O. The van der Waals surface area contributed by atoms with Gasteiger partial charge in [0, 0.05) is 41.9 Å². The molecule has 0 aliphatic heterocycles. The number of rotatable bonds is 6. The molecule has 0 N–H and O–H groups in total. The van der Waals surface area contributed by atoms with E-state index in [0.29, 0.717) is 34.4 Å². The zero-order valence-corrected chi connectivity index (χ0v) is 22.8. The van der Waals surface area contributed by atoms with E-state index in [4.69, 9.17) is 16.3 Å². The molecule has 0 saturated carbocycles. The zero-order chi connectivity index (χ0) is 28.1. The molecule has 10 heteroatoms. The third-order valence-corrected chi connectivity index (χ3v) is 6.04. The fourth-order valence-corrected chi connectivity index (χ4v) is 3.98. The number of halogens is 3. The molecule has 4 aromatic rings. The molecule has 4 rings (SSSR count). The molecule has 0 atom stereocenters. The van der Waals surface area contributed by atoms with E-state index in [1.54, 1.807) is 44.4 Å². The summed E-state index contributed by atoms with van der Waals surface area (Å²) in [7, 11) is 0. The average molecular weight is 543 g/mol. The van der Waals surface area contributed by atoms with Gasteiger partial charge < -0.3 is 4.74 Å². The van der Waals surface area contributed by atoms with Crippen LogP contribution in [0.15, 0.2) is 58.5 Å². The predicted octanol–water partition coefficient (Wildman–Crippen LogP) is 6.06. The quantitative estimate of drug-likeness (QED) is 0.296. The number of aromatic nitrogens is 4. The maximum absolute atomic E-state index is 13.9. The van der Waals surface area contributed by atoms with E-state index < -0.39 is 17.2 Å². The topological polar surface area (TPSA) is 79.0 Å². The van der Waals surface area contributed by atoms with Crippen molar-refractivity contribution in [2.75, 3.05) is 0 Å². The third-order valence-electron chi connectivity index (χ3n) is 5.69. The van der Waals surface area contributed by atoms with Gasteiger partial charge in [0.05, 0.1) is 11.9 Å². The van der Waals surface area contributed by atoms with Gasteiger partial charge in [-0.05, 0) is 31.4 Å². The normalized spacial score (nSPS) is 10.8. The fraction of sp³-hybridized carbons (Fsp3) is 0.286. The minimum absolute atomic E-state index is 0.0321. The molecule has 38 heavy (non-hydrogen) atoms. The Morgan fingerprint density at radius 2 is 1.74 bits per heavy atom. The highest BCUT2D eigenvalue weighted by Crippen LogP contribution is 2.26. The number of aryl methyl sites for hydroxylation is 2. The number of nitrogens with zero attached hydrogens (tertiary/aromatic N) is 4. The zero-order valence-electron chi connectivity index (χ0n) is 22.1. The van der Waals surface area contributed by atoms with Gasteiger partial charge in [-0.15, -0.1) is 0 Å². The first kappa shape index (κ1) is 28.7. The number of pyridine rings is 4. The van der Waals surface area contributed by atoms with E-state index in [-0.39, 0.29) is 34.6 Å². The van der Waals surface area contributed by atoms with E-state index in [0.717, 1.165) is 6.20 Å². The molecule has 0 unspecified atom stereocenters. The van der Waals surface area contributed by atoms with Crippen LogP contribution in [0.3, 0.4) is 0 Å². The lowest BCUT2D eigenvalue weighted by atomic mass is 10.1. The van der Waals surface area contributed by atoms with Crippen molar-refractivity contribution in [3.05, 3.63) is 109 Å². The van der Waals surface area contributed by atoms with Crippen molar-refractivity contribution in [1.82, 2.24) is 19.1 Å². The van der Waals surface area contributed by atoms with Crippen LogP contribution in [0.2, 0.25) is 5.02 Å². The van der Waals surface area contributed by atoms with Crippen molar-refractivity contribution < 1.29 is 13.5 Å². The van der Waals surface area contributed by atoms with E-state index in [1.807, 2.05) is 27.7 Å². The number of hydrogen-bond donors (Lipinski definition) is 0. The van der Waals surface area contributed by atoms with Crippen LogP contribution in [0.25, 0.3) is 11.5 Å². The van der Waals surface area contributed by atoms with Crippen molar-refractivity contribution in [3.63, 3.8) is 0 Å². The third kappa shape index (κ3) is 5.83. The number of hydrogen-bond acceptors (Lipinski definition) is 5. The first-order valence-electron chi connectivity index (χ1n) is 12.1. The molecular weight excluding hydrogens is 514 g/mol. The van der Waals surface area contributed by atoms with Gasteiger partial charge in [0.25, 0.3) is 11.1 Å². The highest BCUT2D eigenvalue weighted by molar-refractivity contribution is 6.31. The van der Waals surface area contributed by atoms with E-state index in [1.165, 1.54) is 15.2 Å². The van der Waals surface area contributed by atoms with Gasteiger partial charge in [0.2, 0.25) is 0 Å². The van der Waals surface area contributed by atoms with Gasteiger partial charge >= 0.3 is 0 Å². The Bertz CT molecular complexity index is 1580. The second-order valence-electron chi connectivity index (χ2n) is 8.60. The van der Waals surface area contributed by atoms with Gasteiger partial charge in [-0.2, -0.15) is 0 Å². The lowest BCUT2D eigenvalue weighted by Gasteiger charge is -2.17. The van der Waals surface area contributed by atoms with Crippen LogP contribution < -0.4 is 15.9 Å². The van der Waals surface area contributed by atoms with Crippen molar-refractivity contribution in [3.8, 4) is 17.3 Å². The van der Waals surface area contributed by atoms with Crippen molar-refractivity contribution in [2.24, 2.45) is 0 Å². The first-order chi connectivity index (χ1) is 18.1. The Kier molecular flexibility index (Phi) is 9.17. The molecule has 0 saturated heterocycles. The van der Waals surface area contributed by atoms with Gasteiger partial charge in [-0.3, -0.25) is 23.7 Å². The van der Waals surface area contributed by atoms with Crippen LogP contribution in [0, 0.1) is 25.5 Å². The van der Waals surface area contributed by atoms with E-state index in [9.17, 15) is 18.4 Å². The summed E-state index contributed by atoms with van der Waals surface area (Å²) in [5.41, 5.74) is 1.41. The van der Waals surface area contributed by atoms with E-state index in [2.05, 4.69) is 9.97 Å². The largest absolute Gasteiger partial charge is 0.485 e. The van der Waals surface area contributed by atoms with Gasteiger partial charge in [-0.25, -0.2) is 13.8 Å². The second-order valence-corrected chi connectivity index (χ2v) is 8.98. The molecule has 0 spiro atoms. The number of ether oxygens (including phenoxy) is 1. The summed E-state index contributed by atoms with van der Waals surface area (Å²) in [6.07, 6.45) is 4.07. The lowest BCUT2D eigenvalue weighted by Crippen LogP contribution is -2.25. The Morgan fingerprint density at radius 3 is 2.39 bits per heavy atom. The molecule has 0 amide bonds. The summed E-state index contributed by atoms with van der Waals surface area (Å²) in [4.78, 5) is 34.3. The molecule has 7 nitrogen and oxygen atoms in total. The highest BCUT2D eigenvalue weighted by atomic mass is 35.5. The summed E-state index contributed by atoms with van der Waals surface area (Å²) >= 11 is 6.34. The van der Waals surface area contributed by atoms with Crippen LogP contribution >= 0.6 is 11.6 Å². The Balaban J connectivity index is 0.00000195. The highest BCUT2D eigenvalue weighted by Gasteiger charge is 2.18. The van der Waals surface area contributed by atoms with Gasteiger partial charge in [0.1, 0.15) is 34.7 Å². The maximum atomic E-state index is 13.9. The fourth-order valence-electron chi connectivity index (χ4n) is 3.79. The van der Waals surface area contributed by atoms with Crippen molar-refractivity contribution in [1.29, 1.82) is 0 Å². The Morgan fingerprint density at radius 1 is 1.03 bits per heavy atom. The molecule has 4 aromatic heterocycles. The molecule has 4 heterocycles. The Labute approximate surface area is 224 Å². The Hall–Kier alpha value is -3.85. The molecular formula is C28H29ClF2N4O3. The summed E-state index contributed by atoms with van der Waals surface area (Å²) < 4.78 is 35.4. The molecule has 0 aliphatic rings. The van der Waals surface area contributed by atoms with Gasteiger partial charge in [0.15, 0.2) is 5.82 Å². The van der Waals surface area contributed by atoms with Crippen LogP contribution in [0.5, 0.6) is 5.75 Å². The van der Waals surface area contributed by atoms with Crippen LogP contribution in [0.1, 0.15) is 56.1 Å². The van der Waals surface area contributed by atoms with Crippen LogP contribution in [-0.2, 0) is 6.61 Å². The van der Waals surface area contributed by atoms with Crippen LogP contribution in [-0.4, -0.2) is 19.1 Å². The molecule has 200 valence electrons. The second kappa shape index (κ2) is 12.1. The van der Waals surface area contributed by atoms with Gasteiger partial charge in [-0.1, -0.05) is 45.4 Å². The van der Waals surface area contributed by atoms with E-state index >= 15 is 0 Å². The molecule has 0 radical (unpaired) electrons. The molecule has 0 aromatic carbocycles. The van der Waals surface area contributed by atoms with Crippen molar-refractivity contribution in [2.45, 2.75) is 54.1 Å². The van der Waals surface area contributed by atoms with Crippen LogP contribution in [0.4, 0.5) is 8.78 Å². The molecule has 0 fully saturated rings. The standard InChI is InChI=1S/C26H23ClF2N4O3.C2H6/c1-14(2)18-6-5-7-32(25(18)34)23-10-21(15(3)11-31-23)33-16(4)8-22(24(27)26(33)35)36-13-20-19(29)9-17(28)12-30-20;1-2/h5-12,14H,13H2,1-4H3;1-2H3. The minimum Gasteiger partial charge on any atom is -0.485 e.